The second kappa shape index (κ2) is 7.44. The van der Waals surface area contributed by atoms with E-state index in [1.54, 1.807) is 60.7 Å². The van der Waals surface area contributed by atoms with Gasteiger partial charge >= 0.3 is 5.97 Å². The molecule has 4 rings (SSSR count). The highest BCUT2D eigenvalue weighted by Gasteiger charge is 2.15. The molecule has 0 fully saturated rings. The molecule has 0 bridgehead atoms. The Hall–Kier alpha value is -4.19. The van der Waals surface area contributed by atoms with Crippen molar-refractivity contribution in [1.82, 2.24) is 4.98 Å². The molecule has 6 heteroatoms. The predicted octanol–water partition coefficient (Wildman–Crippen LogP) is 4.15. The zero-order chi connectivity index (χ0) is 20.4. The number of carbonyl (C=O) groups is 2. The van der Waals surface area contributed by atoms with Gasteiger partial charge in [0.1, 0.15) is 5.56 Å². The van der Waals surface area contributed by atoms with Crippen LogP contribution in [0.5, 0.6) is 0 Å². The second-order valence-corrected chi connectivity index (χ2v) is 6.46. The highest BCUT2D eigenvalue weighted by Crippen LogP contribution is 2.28. The van der Waals surface area contributed by atoms with Gasteiger partial charge in [-0.3, -0.25) is 9.59 Å². The molecule has 0 saturated heterocycles. The summed E-state index contributed by atoms with van der Waals surface area (Å²) in [5.41, 5.74) is 2.22. The Morgan fingerprint density at radius 2 is 1.66 bits per heavy atom. The van der Waals surface area contributed by atoms with Crippen molar-refractivity contribution in [2.24, 2.45) is 0 Å². The summed E-state index contributed by atoms with van der Waals surface area (Å²) in [7, 11) is 0. The van der Waals surface area contributed by atoms with E-state index in [1.807, 2.05) is 0 Å². The summed E-state index contributed by atoms with van der Waals surface area (Å²) in [5, 5.41) is 12.4. The van der Waals surface area contributed by atoms with Crippen LogP contribution in [0.4, 0.5) is 5.69 Å². The van der Waals surface area contributed by atoms with Crippen LogP contribution in [-0.2, 0) is 0 Å². The van der Waals surface area contributed by atoms with E-state index in [-0.39, 0.29) is 16.6 Å². The van der Waals surface area contributed by atoms with Crippen molar-refractivity contribution in [1.29, 1.82) is 0 Å². The molecule has 3 aromatic carbocycles. The Bertz CT molecular complexity index is 1310. The fraction of sp³-hybridized carbons (Fsp3) is 0. The Balaban J connectivity index is 1.72. The van der Waals surface area contributed by atoms with Gasteiger partial charge in [0.15, 0.2) is 0 Å². The number of fused-ring (bicyclic) bond motifs is 1. The normalized spacial score (nSPS) is 10.6. The molecule has 1 aromatic heterocycles. The number of para-hydroxylation sites is 2. The molecule has 3 N–H and O–H groups in total. The average Bonchev–Trinajstić information content (AvgIpc) is 2.74. The van der Waals surface area contributed by atoms with Crippen LogP contribution in [0.2, 0.25) is 0 Å². The number of amides is 1. The van der Waals surface area contributed by atoms with E-state index in [0.717, 1.165) is 0 Å². The molecular formula is C23H16N2O4. The van der Waals surface area contributed by atoms with E-state index in [4.69, 9.17) is 0 Å². The van der Waals surface area contributed by atoms with Crippen molar-refractivity contribution < 1.29 is 14.7 Å². The first-order chi connectivity index (χ1) is 14.0. The standard InChI is InChI=1S/C23H16N2O4/c26-21-17-9-2-3-10-19(17)24-13-18(21)22(27)25-20-11-4-1-8-16(20)14-6-5-7-15(12-14)23(28)29/h1-13H,(H,24,26)(H,25,27)(H,28,29). The smallest absolute Gasteiger partial charge is 0.335 e. The molecule has 0 aliphatic carbocycles. The largest absolute Gasteiger partial charge is 0.478 e. The molecule has 29 heavy (non-hydrogen) atoms. The summed E-state index contributed by atoms with van der Waals surface area (Å²) in [6.07, 6.45) is 1.40. The molecule has 0 radical (unpaired) electrons. The molecule has 1 amide bonds. The van der Waals surface area contributed by atoms with E-state index in [9.17, 15) is 19.5 Å². The zero-order valence-corrected chi connectivity index (χ0v) is 15.2. The number of carbonyl (C=O) groups excluding carboxylic acids is 1. The van der Waals surface area contributed by atoms with Crippen molar-refractivity contribution in [3.8, 4) is 11.1 Å². The van der Waals surface area contributed by atoms with Gasteiger partial charge in [0.25, 0.3) is 5.91 Å². The minimum Gasteiger partial charge on any atom is -0.478 e. The van der Waals surface area contributed by atoms with Crippen molar-refractivity contribution in [3.05, 3.63) is 100 Å². The van der Waals surface area contributed by atoms with Gasteiger partial charge in [-0.15, -0.1) is 0 Å². The molecule has 0 atom stereocenters. The number of anilines is 1. The number of nitrogens with one attached hydrogen (secondary N) is 2. The maximum absolute atomic E-state index is 12.8. The van der Waals surface area contributed by atoms with Crippen LogP contribution < -0.4 is 10.7 Å². The number of hydrogen-bond acceptors (Lipinski definition) is 3. The average molecular weight is 384 g/mol. The van der Waals surface area contributed by atoms with Gasteiger partial charge in [0, 0.05) is 28.4 Å². The summed E-state index contributed by atoms with van der Waals surface area (Å²) in [6, 6.07) is 20.5. The summed E-state index contributed by atoms with van der Waals surface area (Å²) < 4.78 is 0. The first-order valence-electron chi connectivity index (χ1n) is 8.89. The monoisotopic (exact) mass is 384 g/mol. The number of rotatable bonds is 4. The maximum atomic E-state index is 12.8. The molecule has 6 nitrogen and oxygen atoms in total. The maximum Gasteiger partial charge on any atom is 0.335 e. The fourth-order valence-corrected chi connectivity index (χ4v) is 3.19. The number of carboxylic acid groups (broad SMARTS) is 1. The molecule has 0 unspecified atom stereocenters. The molecule has 142 valence electrons. The summed E-state index contributed by atoms with van der Waals surface area (Å²) >= 11 is 0. The lowest BCUT2D eigenvalue weighted by Gasteiger charge is -2.12. The van der Waals surface area contributed by atoms with Crippen LogP contribution in [0.3, 0.4) is 0 Å². The predicted molar refractivity (Wildman–Crippen MR) is 111 cm³/mol. The number of carboxylic acids is 1. The van der Waals surface area contributed by atoms with E-state index >= 15 is 0 Å². The number of hydrogen-bond donors (Lipinski definition) is 3. The number of benzene rings is 3. The summed E-state index contributed by atoms with van der Waals surface area (Å²) in [5.74, 6) is -1.57. The van der Waals surface area contributed by atoms with Gasteiger partial charge in [0.05, 0.1) is 5.56 Å². The number of aromatic nitrogens is 1. The van der Waals surface area contributed by atoms with Gasteiger partial charge < -0.3 is 15.4 Å². The second-order valence-electron chi connectivity index (χ2n) is 6.46. The van der Waals surface area contributed by atoms with E-state index in [1.165, 1.54) is 18.3 Å². The molecule has 0 aliphatic heterocycles. The van der Waals surface area contributed by atoms with Gasteiger partial charge in [-0.25, -0.2) is 4.79 Å². The van der Waals surface area contributed by atoms with Crippen LogP contribution in [0, 0.1) is 0 Å². The lowest BCUT2D eigenvalue weighted by atomic mass is 10.0. The SMILES string of the molecule is O=C(O)c1cccc(-c2ccccc2NC(=O)c2c[nH]c3ccccc3c2=O)c1. The van der Waals surface area contributed by atoms with Crippen LogP contribution in [0.25, 0.3) is 22.0 Å². The molecule has 0 saturated carbocycles. The Labute approximate surface area is 165 Å². The number of aromatic amines is 1. The first kappa shape index (κ1) is 18.2. The van der Waals surface area contributed by atoms with Gasteiger partial charge in [0.2, 0.25) is 5.43 Å². The summed E-state index contributed by atoms with van der Waals surface area (Å²) in [4.78, 5) is 39.7. The minimum absolute atomic E-state index is 0.00205. The molecule has 0 aliphatic rings. The molecule has 4 aromatic rings. The molecular weight excluding hydrogens is 368 g/mol. The van der Waals surface area contributed by atoms with Crippen LogP contribution in [0.1, 0.15) is 20.7 Å². The Morgan fingerprint density at radius 1 is 0.897 bits per heavy atom. The number of pyridine rings is 1. The Kier molecular flexibility index (Phi) is 4.66. The van der Waals surface area contributed by atoms with Crippen molar-refractivity contribution in [2.75, 3.05) is 5.32 Å². The van der Waals surface area contributed by atoms with Crippen LogP contribution in [-0.4, -0.2) is 22.0 Å². The minimum atomic E-state index is -1.03. The highest BCUT2D eigenvalue weighted by molar-refractivity contribution is 6.07. The van der Waals surface area contributed by atoms with Crippen LogP contribution >= 0.6 is 0 Å². The highest BCUT2D eigenvalue weighted by atomic mass is 16.4. The molecule has 1 heterocycles. The quantitative estimate of drug-likeness (QED) is 0.492. The lowest BCUT2D eigenvalue weighted by Crippen LogP contribution is -2.22. The van der Waals surface area contributed by atoms with Gasteiger partial charge in [-0.1, -0.05) is 42.5 Å². The van der Waals surface area contributed by atoms with E-state index in [0.29, 0.717) is 27.7 Å². The fourth-order valence-electron chi connectivity index (χ4n) is 3.19. The van der Waals surface area contributed by atoms with Crippen molar-refractivity contribution >= 4 is 28.5 Å². The zero-order valence-electron chi connectivity index (χ0n) is 15.2. The first-order valence-corrected chi connectivity index (χ1v) is 8.89. The van der Waals surface area contributed by atoms with Gasteiger partial charge in [-0.2, -0.15) is 0 Å². The Morgan fingerprint density at radius 3 is 2.48 bits per heavy atom. The van der Waals surface area contributed by atoms with Crippen LogP contribution in [0.15, 0.2) is 83.8 Å². The number of H-pyrrole nitrogens is 1. The van der Waals surface area contributed by atoms with E-state index in [2.05, 4.69) is 10.3 Å². The van der Waals surface area contributed by atoms with E-state index < -0.39 is 11.9 Å². The van der Waals surface area contributed by atoms with Crippen molar-refractivity contribution in [2.45, 2.75) is 0 Å². The third-order valence-corrected chi connectivity index (χ3v) is 4.63. The van der Waals surface area contributed by atoms with Crippen molar-refractivity contribution in [3.63, 3.8) is 0 Å². The topological polar surface area (TPSA) is 99.3 Å². The third-order valence-electron chi connectivity index (χ3n) is 4.63. The van der Waals surface area contributed by atoms with Gasteiger partial charge in [-0.05, 0) is 35.9 Å². The molecule has 0 spiro atoms. The summed E-state index contributed by atoms with van der Waals surface area (Å²) in [6.45, 7) is 0. The number of aromatic carboxylic acids is 1. The third kappa shape index (κ3) is 3.51. The lowest BCUT2D eigenvalue weighted by molar-refractivity contribution is 0.0696.